The molecule has 2 unspecified atom stereocenters. The highest BCUT2D eigenvalue weighted by Crippen LogP contribution is 2.26. The molecule has 1 saturated heterocycles. The molecule has 0 saturated carbocycles. The fourth-order valence-corrected chi connectivity index (χ4v) is 3.51. The summed E-state index contributed by atoms with van der Waals surface area (Å²) in [6.07, 6.45) is 0. The lowest BCUT2D eigenvalue weighted by atomic mass is 10.2. The van der Waals surface area contributed by atoms with Crippen molar-refractivity contribution in [3.63, 3.8) is 0 Å². The van der Waals surface area contributed by atoms with Crippen molar-refractivity contribution in [1.29, 1.82) is 0 Å². The molecular weight excluding hydrogens is 260 g/mol. The average Bonchev–Trinajstić information content (AvgIpc) is 2.97. The summed E-state index contributed by atoms with van der Waals surface area (Å²) in [6, 6.07) is 2.10. The molecule has 0 aromatic carbocycles. The maximum atomic E-state index is 12.1. The van der Waals surface area contributed by atoms with Crippen molar-refractivity contribution in [3.8, 4) is 0 Å². The molecule has 1 amide bonds. The number of amides is 1. The van der Waals surface area contributed by atoms with Crippen LogP contribution in [0, 0.1) is 0 Å². The predicted octanol–water partition coefficient (Wildman–Crippen LogP) is 0.734. The number of carboxylic acid groups (broad SMARTS) is 1. The van der Waals surface area contributed by atoms with Gasteiger partial charge < -0.3 is 15.7 Å². The van der Waals surface area contributed by atoms with Gasteiger partial charge in [-0.1, -0.05) is 6.07 Å². The van der Waals surface area contributed by atoms with Gasteiger partial charge in [-0.15, -0.1) is 23.1 Å². The van der Waals surface area contributed by atoms with E-state index < -0.39 is 18.1 Å². The molecule has 1 aliphatic heterocycles. The van der Waals surface area contributed by atoms with E-state index in [1.54, 1.807) is 6.07 Å². The van der Waals surface area contributed by atoms with Gasteiger partial charge in [0.25, 0.3) is 0 Å². The monoisotopic (exact) mass is 272 g/mol. The lowest BCUT2D eigenvalue weighted by Crippen LogP contribution is -2.45. The number of hydrogen-bond acceptors (Lipinski definition) is 5. The molecule has 1 aromatic rings. The average molecular weight is 272 g/mol. The first-order chi connectivity index (χ1) is 8.11. The van der Waals surface area contributed by atoms with Crippen LogP contribution in [0.4, 0.5) is 0 Å². The van der Waals surface area contributed by atoms with Gasteiger partial charge in [0.1, 0.15) is 12.1 Å². The molecule has 0 spiro atoms. The van der Waals surface area contributed by atoms with E-state index >= 15 is 0 Å². The minimum Gasteiger partial charge on any atom is -0.480 e. The van der Waals surface area contributed by atoms with Crippen molar-refractivity contribution in [2.75, 3.05) is 11.6 Å². The summed E-state index contributed by atoms with van der Waals surface area (Å²) in [5.74, 6) is -0.459. The zero-order chi connectivity index (χ0) is 12.4. The Labute approximate surface area is 107 Å². The van der Waals surface area contributed by atoms with Crippen LogP contribution in [0.1, 0.15) is 10.9 Å². The quantitative estimate of drug-likeness (QED) is 0.847. The first-order valence-corrected chi connectivity index (χ1v) is 7.04. The molecule has 2 atom stereocenters. The second-order valence-corrected chi connectivity index (χ2v) is 5.63. The second-order valence-electron chi connectivity index (χ2n) is 3.66. The Hall–Kier alpha value is -1.05. The number of thiophene rings is 1. The first kappa shape index (κ1) is 12.4. The Morgan fingerprint density at radius 2 is 2.35 bits per heavy atom. The molecule has 5 nitrogen and oxygen atoms in total. The van der Waals surface area contributed by atoms with Gasteiger partial charge in [-0.3, -0.25) is 4.79 Å². The third-order valence-corrected chi connectivity index (χ3v) is 4.53. The summed E-state index contributed by atoms with van der Waals surface area (Å²) < 4.78 is 0. The van der Waals surface area contributed by atoms with Gasteiger partial charge in [-0.25, -0.2) is 4.79 Å². The van der Waals surface area contributed by atoms with Gasteiger partial charge in [0, 0.05) is 10.6 Å². The number of nitrogens with two attached hydrogens (primary N) is 1. The van der Waals surface area contributed by atoms with Crippen molar-refractivity contribution in [1.82, 2.24) is 4.90 Å². The van der Waals surface area contributed by atoms with E-state index in [2.05, 4.69) is 0 Å². The fourth-order valence-electron chi connectivity index (χ4n) is 1.63. The number of carboxylic acids is 1. The molecule has 2 rings (SSSR count). The van der Waals surface area contributed by atoms with Crippen LogP contribution in [0.2, 0.25) is 0 Å². The van der Waals surface area contributed by atoms with Crippen LogP contribution in [0.3, 0.4) is 0 Å². The van der Waals surface area contributed by atoms with Crippen LogP contribution in [0.5, 0.6) is 0 Å². The largest absolute Gasteiger partial charge is 0.480 e. The Kier molecular flexibility index (Phi) is 3.70. The molecule has 3 N–H and O–H groups in total. The number of carbonyl (C=O) groups is 2. The van der Waals surface area contributed by atoms with Crippen molar-refractivity contribution >= 4 is 35.0 Å². The molecule has 2 heterocycles. The molecule has 7 heteroatoms. The van der Waals surface area contributed by atoms with Crippen LogP contribution in [-0.4, -0.2) is 39.6 Å². The highest BCUT2D eigenvalue weighted by Gasteiger charge is 2.37. The minimum atomic E-state index is -0.971. The Morgan fingerprint density at radius 3 is 2.94 bits per heavy atom. The van der Waals surface area contributed by atoms with Crippen molar-refractivity contribution in [3.05, 3.63) is 22.4 Å². The molecule has 0 bridgehead atoms. The van der Waals surface area contributed by atoms with E-state index in [0.717, 1.165) is 4.88 Å². The van der Waals surface area contributed by atoms with Gasteiger partial charge in [-0.2, -0.15) is 0 Å². The predicted molar refractivity (Wildman–Crippen MR) is 66.8 cm³/mol. The molecule has 0 aliphatic carbocycles. The number of hydrogen-bond donors (Lipinski definition) is 2. The minimum absolute atomic E-state index is 0.315. The summed E-state index contributed by atoms with van der Waals surface area (Å²) in [7, 11) is 0. The van der Waals surface area contributed by atoms with E-state index in [1.165, 1.54) is 28.0 Å². The van der Waals surface area contributed by atoms with Gasteiger partial charge in [0.2, 0.25) is 5.91 Å². The molecule has 0 radical (unpaired) electrons. The van der Waals surface area contributed by atoms with E-state index in [-0.39, 0.29) is 5.91 Å². The van der Waals surface area contributed by atoms with Crippen LogP contribution in [0.25, 0.3) is 0 Å². The summed E-state index contributed by atoms with van der Waals surface area (Å²) in [5, 5.41) is 10.8. The van der Waals surface area contributed by atoms with E-state index in [0.29, 0.717) is 11.6 Å². The van der Waals surface area contributed by atoms with Crippen LogP contribution >= 0.6 is 23.1 Å². The number of aliphatic carboxylic acids is 1. The van der Waals surface area contributed by atoms with E-state index in [4.69, 9.17) is 10.8 Å². The summed E-state index contributed by atoms with van der Waals surface area (Å²) >= 11 is 2.83. The zero-order valence-electron chi connectivity index (χ0n) is 8.91. The lowest BCUT2D eigenvalue weighted by Gasteiger charge is -2.23. The summed E-state index contributed by atoms with van der Waals surface area (Å²) in [5.41, 5.74) is 5.84. The van der Waals surface area contributed by atoms with Gasteiger partial charge >= 0.3 is 5.97 Å². The zero-order valence-corrected chi connectivity index (χ0v) is 10.5. The van der Waals surface area contributed by atoms with E-state index in [1.807, 2.05) is 11.4 Å². The van der Waals surface area contributed by atoms with Crippen LogP contribution < -0.4 is 5.73 Å². The lowest BCUT2D eigenvalue weighted by molar-refractivity contribution is -0.148. The standard InChI is InChI=1S/C10H12N2O3S2/c11-8(7-2-1-3-17-7)9(13)12-5-16-4-6(12)10(14)15/h1-3,6,8H,4-5,11H2,(H,14,15). The van der Waals surface area contributed by atoms with Gasteiger partial charge in [0.15, 0.2) is 0 Å². The third kappa shape index (κ3) is 2.46. The normalized spacial score (nSPS) is 21.5. The molecule has 1 fully saturated rings. The van der Waals surface area contributed by atoms with Crippen LogP contribution in [-0.2, 0) is 9.59 Å². The summed E-state index contributed by atoms with van der Waals surface area (Å²) in [4.78, 5) is 25.2. The maximum Gasteiger partial charge on any atom is 0.327 e. The Balaban J connectivity index is 2.12. The molecule has 1 aromatic heterocycles. The smallest absolute Gasteiger partial charge is 0.327 e. The SMILES string of the molecule is NC(C(=O)N1CSCC1C(=O)O)c1cccs1. The van der Waals surface area contributed by atoms with Crippen LogP contribution in [0.15, 0.2) is 17.5 Å². The second kappa shape index (κ2) is 5.07. The van der Waals surface area contributed by atoms with Crippen molar-refractivity contribution < 1.29 is 14.7 Å². The Bertz CT molecular complexity index is 421. The van der Waals surface area contributed by atoms with Crippen molar-refractivity contribution in [2.24, 2.45) is 5.73 Å². The van der Waals surface area contributed by atoms with Gasteiger partial charge in [-0.05, 0) is 11.4 Å². The van der Waals surface area contributed by atoms with E-state index in [9.17, 15) is 9.59 Å². The topological polar surface area (TPSA) is 83.6 Å². The number of thioether (sulfide) groups is 1. The number of nitrogens with zero attached hydrogens (tertiary/aromatic N) is 1. The first-order valence-electron chi connectivity index (χ1n) is 5.01. The molecule has 17 heavy (non-hydrogen) atoms. The number of carbonyl (C=O) groups excluding carboxylic acids is 1. The maximum absolute atomic E-state index is 12.1. The van der Waals surface area contributed by atoms with Crippen molar-refractivity contribution in [2.45, 2.75) is 12.1 Å². The third-order valence-electron chi connectivity index (χ3n) is 2.57. The summed E-state index contributed by atoms with van der Waals surface area (Å²) in [6.45, 7) is 0. The highest BCUT2D eigenvalue weighted by molar-refractivity contribution is 7.99. The molecule has 1 aliphatic rings. The van der Waals surface area contributed by atoms with Gasteiger partial charge in [0.05, 0.1) is 5.88 Å². The molecular formula is C10H12N2O3S2. The molecule has 92 valence electrons. The Morgan fingerprint density at radius 1 is 1.59 bits per heavy atom. The highest BCUT2D eigenvalue weighted by atomic mass is 32.2. The fraction of sp³-hybridized carbons (Fsp3) is 0.400. The number of rotatable bonds is 3.